The zero-order chi connectivity index (χ0) is 15.6. The van der Waals surface area contributed by atoms with Gasteiger partial charge in [-0.05, 0) is 43.3 Å². The van der Waals surface area contributed by atoms with Gasteiger partial charge in [0.25, 0.3) is 0 Å². The van der Waals surface area contributed by atoms with Gasteiger partial charge in [0.05, 0.1) is 28.8 Å². The molecule has 0 N–H and O–H groups in total. The Morgan fingerprint density at radius 2 is 1.74 bits per heavy atom. The van der Waals surface area contributed by atoms with Crippen LogP contribution in [0, 0.1) is 6.92 Å². The highest BCUT2D eigenvalue weighted by Crippen LogP contribution is 2.28. The second-order valence-corrected chi connectivity index (χ2v) is 5.19. The summed E-state index contributed by atoms with van der Waals surface area (Å²) in [5.41, 5.74) is 5.97. The molecule has 23 heavy (non-hydrogen) atoms. The molecule has 5 heteroatoms. The predicted octanol–water partition coefficient (Wildman–Crippen LogP) is 3.46. The summed E-state index contributed by atoms with van der Waals surface area (Å²) in [5, 5.41) is 0. The van der Waals surface area contributed by atoms with E-state index in [1.807, 2.05) is 49.4 Å². The van der Waals surface area contributed by atoms with E-state index in [1.54, 1.807) is 12.4 Å². The van der Waals surface area contributed by atoms with Gasteiger partial charge in [-0.2, -0.15) is 0 Å². The van der Waals surface area contributed by atoms with E-state index in [0.29, 0.717) is 0 Å². The highest BCUT2D eigenvalue weighted by atomic mass is 14.9. The number of aromatic nitrogens is 5. The van der Waals surface area contributed by atoms with Crippen LogP contribution in [-0.2, 0) is 0 Å². The number of pyridine rings is 3. The number of rotatable bonds is 2. The summed E-state index contributed by atoms with van der Waals surface area (Å²) in [6, 6.07) is 13.7. The number of nitrogens with zero attached hydrogens (tertiary/aromatic N) is 5. The third-order valence-corrected chi connectivity index (χ3v) is 3.58. The quantitative estimate of drug-likeness (QED) is 0.567. The normalized spacial score (nSPS) is 10.8. The van der Waals surface area contributed by atoms with Crippen LogP contribution in [0.3, 0.4) is 0 Å². The molecule has 4 rings (SSSR count). The van der Waals surface area contributed by atoms with Crippen molar-refractivity contribution in [2.24, 2.45) is 0 Å². The summed E-state index contributed by atoms with van der Waals surface area (Å²) in [4.78, 5) is 22.0. The lowest BCUT2D eigenvalue weighted by Crippen LogP contribution is -1.95. The molecule has 0 atom stereocenters. The highest BCUT2D eigenvalue weighted by Gasteiger charge is 2.11. The third-order valence-electron chi connectivity index (χ3n) is 3.58. The number of hydrogen-bond acceptors (Lipinski definition) is 5. The molecule has 0 aliphatic carbocycles. The molecule has 0 unspecified atom stereocenters. The van der Waals surface area contributed by atoms with Gasteiger partial charge in [0, 0.05) is 17.5 Å². The van der Waals surface area contributed by atoms with Crippen LogP contribution in [0.25, 0.3) is 33.7 Å². The fraction of sp³-hybridized carbons (Fsp3) is 0.0556. The van der Waals surface area contributed by atoms with Crippen LogP contribution in [-0.4, -0.2) is 24.9 Å². The first-order chi connectivity index (χ1) is 11.3. The summed E-state index contributed by atoms with van der Waals surface area (Å²) in [6.45, 7) is 1.97. The van der Waals surface area contributed by atoms with E-state index < -0.39 is 0 Å². The Labute approximate surface area is 133 Å². The second kappa shape index (κ2) is 5.53. The zero-order valence-electron chi connectivity index (χ0n) is 12.5. The van der Waals surface area contributed by atoms with Crippen LogP contribution < -0.4 is 0 Å². The van der Waals surface area contributed by atoms with Gasteiger partial charge in [0.1, 0.15) is 11.8 Å². The fourth-order valence-corrected chi connectivity index (χ4v) is 2.51. The van der Waals surface area contributed by atoms with E-state index in [4.69, 9.17) is 0 Å². The molecule has 0 aliphatic rings. The van der Waals surface area contributed by atoms with Gasteiger partial charge in [0.15, 0.2) is 0 Å². The molecule has 0 saturated heterocycles. The molecule has 0 aromatic carbocycles. The average Bonchev–Trinajstić information content (AvgIpc) is 2.61. The van der Waals surface area contributed by atoms with Crippen molar-refractivity contribution < 1.29 is 0 Å². The van der Waals surface area contributed by atoms with Crippen molar-refractivity contribution >= 4 is 11.0 Å². The van der Waals surface area contributed by atoms with E-state index >= 15 is 0 Å². The van der Waals surface area contributed by atoms with E-state index in [2.05, 4.69) is 24.9 Å². The molecular weight excluding hydrogens is 286 g/mol. The number of fused-ring (bicyclic) bond motifs is 1. The van der Waals surface area contributed by atoms with Crippen LogP contribution >= 0.6 is 0 Å². The molecule has 0 spiro atoms. The Hall–Kier alpha value is -3.21. The predicted molar refractivity (Wildman–Crippen MR) is 88.5 cm³/mol. The maximum absolute atomic E-state index is 4.66. The lowest BCUT2D eigenvalue weighted by molar-refractivity contribution is 1.17. The van der Waals surface area contributed by atoms with E-state index in [1.165, 1.54) is 6.33 Å². The maximum atomic E-state index is 4.66. The monoisotopic (exact) mass is 299 g/mol. The maximum Gasteiger partial charge on any atom is 0.116 e. The molecule has 5 nitrogen and oxygen atoms in total. The standard InChI is InChI=1S/C18H13N5/c1-12-4-2-6-16(22-12)18-13(5-3-9-20-18)14-7-8-15-17(23-14)10-19-11-21-15/h2-11H,1H3. The molecule has 4 aromatic heterocycles. The van der Waals surface area contributed by atoms with Crippen LogP contribution in [0.15, 0.2) is 61.2 Å². The van der Waals surface area contributed by atoms with Crippen molar-refractivity contribution in [3.05, 3.63) is 66.9 Å². The molecule has 0 amide bonds. The highest BCUT2D eigenvalue weighted by molar-refractivity contribution is 5.82. The van der Waals surface area contributed by atoms with Crippen LogP contribution in [0.2, 0.25) is 0 Å². The molecule has 0 saturated carbocycles. The first-order valence-corrected chi connectivity index (χ1v) is 7.27. The van der Waals surface area contributed by atoms with Crippen molar-refractivity contribution in [1.82, 2.24) is 24.9 Å². The average molecular weight is 299 g/mol. The first kappa shape index (κ1) is 13.5. The van der Waals surface area contributed by atoms with Crippen LogP contribution in [0.5, 0.6) is 0 Å². The van der Waals surface area contributed by atoms with Gasteiger partial charge in [-0.3, -0.25) is 9.97 Å². The molecule has 0 aliphatic heterocycles. The van der Waals surface area contributed by atoms with Gasteiger partial charge in [-0.1, -0.05) is 6.07 Å². The van der Waals surface area contributed by atoms with Crippen molar-refractivity contribution in [2.75, 3.05) is 0 Å². The van der Waals surface area contributed by atoms with Gasteiger partial charge in [-0.25, -0.2) is 15.0 Å². The van der Waals surface area contributed by atoms with Crippen molar-refractivity contribution in [3.8, 4) is 22.6 Å². The van der Waals surface area contributed by atoms with Crippen molar-refractivity contribution in [2.45, 2.75) is 6.92 Å². The summed E-state index contributed by atoms with van der Waals surface area (Å²) < 4.78 is 0. The van der Waals surface area contributed by atoms with E-state index in [0.717, 1.165) is 39.4 Å². The number of aryl methyl sites for hydroxylation is 1. The van der Waals surface area contributed by atoms with Crippen molar-refractivity contribution in [3.63, 3.8) is 0 Å². The Kier molecular flexibility index (Phi) is 3.24. The molecular formula is C18H13N5. The van der Waals surface area contributed by atoms with E-state index in [9.17, 15) is 0 Å². The number of hydrogen-bond donors (Lipinski definition) is 0. The molecule has 110 valence electrons. The van der Waals surface area contributed by atoms with Crippen LogP contribution in [0.1, 0.15) is 5.69 Å². The lowest BCUT2D eigenvalue weighted by atomic mass is 10.1. The summed E-state index contributed by atoms with van der Waals surface area (Å²) in [6.07, 6.45) is 5.01. The molecule has 4 heterocycles. The van der Waals surface area contributed by atoms with Gasteiger partial charge >= 0.3 is 0 Å². The Morgan fingerprint density at radius 3 is 2.65 bits per heavy atom. The zero-order valence-corrected chi connectivity index (χ0v) is 12.5. The summed E-state index contributed by atoms with van der Waals surface area (Å²) in [5.74, 6) is 0. The Balaban J connectivity index is 1.91. The second-order valence-electron chi connectivity index (χ2n) is 5.19. The smallest absolute Gasteiger partial charge is 0.116 e. The van der Waals surface area contributed by atoms with Crippen molar-refractivity contribution in [1.29, 1.82) is 0 Å². The first-order valence-electron chi connectivity index (χ1n) is 7.27. The molecule has 0 radical (unpaired) electrons. The van der Waals surface area contributed by atoms with Gasteiger partial charge in [0.2, 0.25) is 0 Å². The van der Waals surface area contributed by atoms with Gasteiger partial charge in [-0.15, -0.1) is 0 Å². The lowest BCUT2D eigenvalue weighted by Gasteiger charge is -2.08. The summed E-state index contributed by atoms with van der Waals surface area (Å²) >= 11 is 0. The topological polar surface area (TPSA) is 64.5 Å². The molecule has 0 bridgehead atoms. The van der Waals surface area contributed by atoms with Gasteiger partial charge < -0.3 is 0 Å². The Bertz CT molecular complexity index is 997. The SMILES string of the molecule is Cc1cccc(-c2ncccc2-c2ccc3ncncc3n2)n1. The van der Waals surface area contributed by atoms with Crippen LogP contribution in [0.4, 0.5) is 0 Å². The fourth-order valence-electron chi connectivity index (χ4n) is 2.51. The molecule has 0 fully saturated rings. The summed E-state index contributed by atoms with van der Waals surface area (Å²) in [7, 11) is 0. The largest absolute Gasteiger partial charge is 0.254 e. The van der Waals surface area contributed by atoms with E-state index in [-0.39, 0.29) is 0 Å². The minimum absolute atomic E-state index is 0.761. The minimum Gasteiger partial charge on any atom is -0.254 e. The third kappa shape index (κ3) is 2.53. The molecule has 4 aromatic rings. The Morgan fingerprint density at radius 1 is 0.783 bits per heavy atom. The minimum atomic E-state index is 0.761.